The van der Waals surface area contributed by atoms with Crippen LogP contribution in [0.15, 0.2) is 53.6 Å². The summed E-state index contributed by atoms with van der Waals surface area (Å²) in [5.74, 6) is 0.209. The number of phenols is 2. The van der Waals surface area contributed by atoms with E-state index in [1.165, 1.54) is 11.9 Å². The van der Waals surface area contributed by atoms with Crippen molar-refractivity contribution in [2.75, 3.05) is 0 Å². The summed E-state index contributed by atoms with van der Waals surface area (Å²) in [5, 5.41) is 24.9. The van der Waals surface area contributed by atoms with E-state index in [0.717, 1.165) is 16.8 Å². The van der Waals surface area contributed by atoms with E-state index in [-0.39, 0.29) is 23.4 Å². The number of hydrogen-bond donors (Lipinski definition) is 2. The number of carbonyl (C=O) groups is 1. The standard InChI is InChI=1S/C17H16N2O3/c1-11(20)19-17(12-5-7-14(21)8-6-12)10-16(18-19)13-3-2-4-15(22)9-13/h2-9,17,21-22H,10H2,1H3. The first-order valence-electron chi connectivity index (χ1n) is 7.00. The van der Waals surface area contributed by atoms with Gasteiger partial charge in [0.15, 0.2) is 0 Å². The maximum Gasteiger partial charge on any atom is 0.240 e. The van der Waals surface area contributed by atoms with E-state index in [4.69, 9.17) is 0 Å². The monoisotopic (exact) mass is 296 g/mol. The second-order valence-electron chi connectivity index (χ2n) is 5.27. The lowest BCUT2D eigenvalue weighted by molar-refractivity contribution is -0.130. The summed E-state index contributed by atoms with van der Waals surface area (Å²) in [6.07, 6.45) is 0.563. The first-order chi connectivity index (χ1) is 10.5. The summed E-state index contributed by atoms with van der Waals surface area (Å²) < 4.78 is 0. The van der Waals surface area contributed by atoms with Crippen molar-refractivity contribution >= 4 is 11.6 Å². The van der Waals surface area contributed by atoms with Crippen molar-refractivity contribution in [3.8, 4) is 11.5 Å². The number of benzene rings is 2. The Morgan fingerprint density at radius 3 is 2.50 bits per heavy atom. The third-order valence-electron chi connectivity index (χ3n) is 3.69. The van der Waals surface area contributed by atoms with Gasteiger partial charge in [0.1, 0.15) is 11.5 Å². The zero-order valence-electron chi connectivity index (χ0n) is 12.1. The van der Waals surface area contributed by atoms with Crippen LogP contribution >= 0.6 is 0 Å². The second kappa shape index (κ2) is 5.52. The fraction of sp³-hybridized carbons (Fsp3) is 0.176. The quantitative estimate of drug-likeness (QED) is 0.895. The fourth-order valence-corrected chi connectivity index (χ4v) is 2.62. The van der Waals surface area contributed by atoms with Gasteiger partial charge in [-0.1, -0.05) is 24.3 Å². The normalized spacial score (nSPS) is 17.4. The molecule has 2 aromatic rings. The summed E-state index contributed by atoms with van der Waals surface area (Å²) in [5.41, 5.74) is 2.46. The van der Waals surface area contributed by atoms with Crippen LogP contribution < -0.4 is 0 Å². The van der Waals surface area contributed by atoms with Gasteiger partial charge >= 0.3 is 0 Å². The molecular weight excluding hydrogens is 280 g/mol. The lowest BCUT2D eigenvalue weighted by Gasteiger charge is -2.20. The molecule has 1 aliphatic heterocycles. The van der Waals surface area contributed by atoms with Crippen LogP contribution in [0.3, 0.4) is 0 Å². The average molecular weight is 296 g/mol. The van der Waals surface area contributed by atoms with E-state index in [1.807, 2.05) is 6.07 Å². The number of carbonyl (C=O) groups excluding carboxylic acids is 1. The number of aromatic hydroxyl groups is 2. The highest BCUT2D eigenvalue weighted by Gasteiger charge is 2.31. The van der Waals surface area contributed by atoms with Crippen molar-refractivity contribution in [1.29, 1.82) is 0 Å². The van der Waals surface area contributed by atoms with Crippen molar-refractivity contribution in [2.24, 2.45) is 5.10 Å². The van der Waals surface area contributed by atoms with Crippen molar-refractivity contribution in [1.82, 2.24) is 5.01 Å². The molecule has 0 spiro atoms. The molecule has 1 heterocycles. The van der Waals surface area contributed by atoms with Gasteiger partial charge in [-0.05, 0) is 29.8 Å². The van der Waals surface area contributed by atoms with E-state index in [1.54, 1.807) is 42.5 Å². The summed E-state index contributed by atoms with van der Waals surface area (Å²) >= 11 is 0. The Balaban J connectivity index is 1.94. The highest BCUT2D eigenvalue weighted by Crippen LogP contribution is 2.33. The van der Waals surface area contributed by atoms with Crippen molar-refractivity contribution in [3.63, 3.8) is 0 Å². The van der Waals surface area contributed by atoms with E-state index < -0.39 is 0 Å². The highest BCUT2D eigenvalue weighted by molar-refractivity contribution is 6.03. The first kappa shape index (κ1) is 14.1. The summed E-state index contributed by atoms with van der Waals surface area (Å²) in [4.78, 5) is 11.9. The minimum absolute atomic E-state index is 0.145. The molecule has 2 aromatic carbocycles. The molecule has 2 N–H and O–H groups in total. The van der Waals surface area contributed by atoms with Crippen molar-refractivity contribution in [2.45, 2.75) is 19.4 Å². The van der Waals surface area contributed by atoms with Crippen LogP contribution in [0.1, 0.15) is 30.5 Å². The third kappa shape index (κ3) is 2.65. The van der Waals surface area contributed by atoms with E-state index in [9.17, 15) is 15.0 Å². The number of amides is 1. The topological polar surface area (TPSA) is 73.1 Å². The predicted molar refractivity (Wildman–Crippen MR) is 82.6 cm³/mol. The summed E-state index contributed by atoms with van der Waals surface area (Å²) in [6, 6.07) is 13.4. The fourth-order valence-electron chi connectivity index (χ4n) is 2.62. The van der Waals surface area contributed by atoms with Gasteiger partial charge in [0.05, 0.1) is 11.8 Å². The Morgan fingerprint density at radius 2 is 1.86 bits per heavy atom. The van der Waals surface area contributed by atoms with Crippen LogP contribution in [0.25, 0.3) is 0 Å². The first-order valence-corrected chi connectivity index (χ1v) is 7.00. The number of nitrogens with zero attached hydrogens (tertiary/aromatic N) is 2. The molecule has 5 heteroatoms. The van der Waals surface area contributed by atoms with Crippen LogP contribution in [0, 0.1) is 0 Å². The van der Waals surface area contributed by atoms with Gasteiger partial charge in [0, 0.05) is 18.9 Å². The Hall–Kier alpha value is -2.82. The average Bonchev–Trinajstić information content (AvgIpc) is 2.93. The van der Waals surface area contributed by atoms with Crippen LogP contribution in [0.5, 0.6) is 11.5 Å². The van der Waals surface area contributed by atoms with Crippen molar-refractivity contribution < 1.29 is 15.0 Å². The maximum atomic E-state index is 11.9. The molecule has 0 aliphatic carbocycles. The van der Waals surface area contributed by atoms with E-state index in [0.29, 0.717) is 6.42 Å². The van der Waals surface area contributed by atoms with Gasteiger partial charge in [-0.3, -0.25) is 4.79 Å². The summed E-state index contributed by atoms with van der Waals surface area (Å²) in [7, 11) is 0. The Labute approximate surface area is 128 Å². The van der Waals surface area contributed by atoms with E-state index >= 15 is 0 Å². The van der Waals surface area contributed by atoms with Gasteiger partial charge in [-0.25, -0.2) is 5.01 Å². The number of phenolic OH excluding ortho intramolecular Hbond substituents is 2. The Bertz CT molecular complexity index is 738. The van der Waals surface area contributed by atoms with Gasteiger partial charge < -0.3 is 10.2 Å². The molecular formula is C17H16N2O3. The molecule has 1 atom stereocenters. The van der Waals surface area contributed by atoms with Crippen LogP contribution in [-0.2, 0) is 4.79 Å². The second-order valence-corrected chi connectivity index (χ2v) is 5.27. The third-order valence-corrected chi connectivity index (χ3v) is 3.69. The van der Waals surface area contributed by atoms with E-state index in [2.05, 4.69) is 5.10 Å². The lowest BCUT2D eigenvalue weighted by Crippen LogP contribution is -2.24. The number of rotatable bonds is 2. The van der Waals surface area contributed by atoms with Gasteiger partial charge in [-0.2, -0.15) is 5.10 Å². The minimum atomic E-state index is -0.199. The minimum Gasteiger partial charge on any atom is -0.508 e. The van der Waals surface area contributed by atoms with Gasteiger partial charge in [-0.15, -0.1) is 0 Å². The van der Waals surface area contributed by atoms with Crippen LogP contribution in [0.2, 0.25) is 0 Å². The van der Waals surface area contributed by atoms with Gasteiger partial charge in [0.2, 0.25) is 5.91 Å². The highest BCUT2D eigenvalue weighted by atomic mass is 16.3. The Kier molecular flexibility index (Phi) is 3.55. The molecule has 0 fully saturated rings. The summed E-state index contributed by atoms with van der Waals surface area (Å²) in [6.45, 7) is 1.47. The van der Waals surface area contributed by atoms with Gasteiger partial charge in [0.25, 0.3) is 0 Å². The van der Waals surface area contributed by atoms with Crippen molar-refractivity contribution in [3.05, 3.63) is 59.7 Å². The molecule has 0 radical (unpaired) electrons. The molecule has 0 bridgehead atoms. The molecule has 1 unspecified atom stereocenters. The molecule has 0 saturated carbocycles. The molecule has 0 aromatic heterocycles. The molecule has 5 nitrogen and oxygen atoms in total. The van der Waals surface area contributed by atoms with Crippen LogP contribution in [-0.4, -0.2) is 26.8 Å². The molecule has 0 saturated heterocycles. The number of hydrogen-bond acceptors (Lipinski definition) is 4. The SMILES string of the molecule is CC(=O)N1N=C(c2cccc(O)c2)CC1c1ccc(O)cc1. The largest absolute Gasteiger partial charge is 0.508 e. The molecule has 1 amide bonds. The molecule has 3 rings (SSSR count). The molecule has 1 aliphatic rings. The molecule has 112 valence electrons. The lowest BCUT2D eigenvalue weighted by atomic mass is 9.98. The maximum absolute atomic E-state index is 11.9. The zero-order valence-corrected chi connectivity index (χ0v) is 12.1. The number of hydrazone groups is 1. The Morgan fingerprint density at radius 1 is 1.14 bits per heavy atom. The smallest absolute Gasteiger partial charge is 0.240 e. The van der Waals surface area contributed by atoms with Crippen LogP contribution in [0.4, 0.5) is 0 Å². The zero-order chi connectivity index (χ0) is 15.7. The molecule has 22 heavy (non-hydrogen) atoms. The predicted octanol–water partition coefficient (Wildman–Crippen LogP) is 2.80.